The summed E-state index contributed by atoms with van der Waals surface area (Å²) in [4.78, 5) is 11.5. The first-order valence-electron chi connectivity index (χ1n) is 6.85. The number of esters is 1. The Hall–Kier alpha value is -2.27. The van der Waals surface area contributed by atoms with Crippen molar-refractivity contribution in [2.45, 2.75) is 26.2 Å². The number of carbonyl (C=O) groups excluding carboxylic acids is 1. The van der Waals surface area contributed by atoms with Crippen LogP contribution in [0.2, 0.25) is 0 Å². The second kappa shape index (κ2) is 6.77. The van der Waals surface area contributed by atoms with Gasteiger partial charge < -0.3 is 4.74 Å². The fourth-order valence-electron chi connectivity index (χ4n) is 2.00. The lowest BCUT2D eigenvalue weighted by Gasteiger charge is -2.02. The van der Waals surface area contributed by atoms with Crippen molar-refractivity contribution >= 4 is 16.7 Å². The molecule has 0 amide bonds. The molecule has 2 aromatic carbocycles. The Morgan fingerprint density at radius 1 is 1.15 bits per heavy atom. The van der Waals surface area contributed by atoms with Crippen molar-refractivity contribution in [2.24, 2.45) is 0 Å². The summed E-state index contributed by atoms with van der Waals surface area (Å²) in [5.74, 6) is 6.05. The maximum atomic E-state index is 11.5. The molecular weight excluding hydrogens is 248 g/mol. The quantitative estimate of drug-likeness (QED) is 0.473. The minimum absolute atomic E-state index is 0.310. The molecule has 0 aromatic heterocycles. The summed E-state index contributed by atoms with van der Waals surface area (Å²) in [6, 6.07) is 11.6. The van der Waals surface area contributed by atoms with E-state index in [1.54, 1.807) is 6.07 Å². The average molecular weight is 266 g/mol. The van der Waals surface area contributed by atoms with Gasteiger partial charge in [-0.3, -0.25) is 0 Å². The molecule has 0 N–H and O–H groups in total. The van der Waals surface area contributed by atoms with Crippen molar-refractivity contribution in [3.8, 4) is 11.8 Å². The number of rotatable bonds is 3. The number of carbonyl (C=O) groups is 1. The van der Waals surface area contributed by atoms with Gasteiger partial charge in [-0.15, -0.1) is 0 Å². The lowest BCUT2D eigenvalue weighted by Crippen LogP contribution is -2.00. The van der Waals surface area contributed by atoms with E-state index in [9.17, 15) is 4.79 Å². The third kappa shape index (κ3) is 3.39. The highest BCUT2D eigenvalue weighted by Crippen LogP contribution is 2.18. The van der Waals surface area contributed by atoms with E-state index < -0.39 is 0 Å². The average Bonchev–Trinajstić information content (AvgIpc) is 2.50. The molecule has 0 fully saturated rings. The van der Waals surface area contributed by atoms with E-state index in [4.69, 9.17) is 4.74 Å². The number of unbranched alkanes of at least 4 members (excludes halogenated alkanes) is 2. The number of hydrogen-bond acceptors (Lipinski definition) is 2. The van der Waals surface area contributed by atoms with Crippen LogP contribution >= 0.6 is 0 Å². The van der Waals surface area contributed by atoms with Gasteiger partial charge in [0.05, 0.1) is 12.7 Å². The molecule has 102 valence electrons. The van der Waals surface area contributed by atoms with E-state index in [1.807, 2.05) is 24.3 Å². The predicted molar refractivity (Wildman–Crippen MR) is 81.7 cm³/mol. The van der Waals surface area contributed by atoms with Crippen LogP contribution in [0.1, 0.15) is 42.1 Å². The number of methoxy groups -OCH3 is 1. The topological polar surface area (TPSA) is 26.3 Å². The standard InChI is InChI=1S/C18H18O2/c1-3-4-5-6-7-14-8-9-16-13-17(18(19)20-2)11-10-15(16)12-14/h8-13H,3-5H2,1-2H3. The van der Waals surface area contributed by atoms with Crippen molar-refractivity contribution in [3.05, 3.63) is 47.5 Å². The number of ether oxygens (including phenoxy) is 1. The zero-order valence-corrected chi connectivity index (χ0v) is 11.9. The van der Waals surface area contributed by atoms with Crippen molar-refractivity contribution in [2.75, 3.05) is 7.11 Å². The fraction of sp³-hybridized carbons (Fsp3) is 0.278. The molecule has 2 rings (SSSR count). The summed E-state index contributed by atoms with van der Waals surface area (Å²) in [7, 11) is 1.39. The molecule has 2 aromatic rings. The molecule has 0 saturated carbocycles. The van der Waals surface area contributed by atoms with Crippen molar-refractivity contribution in [1.29, 1.82) is 0 Å². The summed E-state index contributed by atoms with van der Waals surface area (Å²) in [5.41, 5.74) is 1.58. The number of fused-ring (bicyclic) bond motifs is 1. The molecule has 0 radical (unpaired) electrons. The Bertz CT molecular complexity index is 675. The second-order valence-corrected chi connectivity index (χ2v) is 4.67. The molecule has 0 spiro atoms. The summed E-state index contributed by atoms with van der Waals surface area (Å²) in [5, 5.41) is 2.10. The van der Waals surface area contributed by atoms with Crippen LogP contribution in [-0.4, -0.2) is 13.1 Å². The van der Waals surface area contributed by atoms with Crippen LogP contribution in [0.4, 0.5) is 0 Å². The molecule has 2 nitrogen and oxygen atoms in total. The molecule has 0 aliphatic rings. The van der Waals surface area contributed by atoms with E-state index in [-0.39, 0.29) is 5.97 Å². The minimum atomic E-state index is -0.310. The summed E-state index contributed by atoms with van der Waals surface area (Å²) >= 11 is 0. The Balaban J connectivity index is 2.26. The van der Waals surface area contributed by atoms with Gasteiger partial charge in [-0.25, -0.2) is 4.79 Å². The van der Waals surface area contributed by atoms with Crippen LogP contribution in [0.25, 0.3) is 10.8 Å². The fourth-order valence-corrected chi connectivity index (χ4v) is 2.00. The van der Waals surface area contributed by atoms with Gasteiger partial charge in [0.2, 0.25) is 0 Å². The van der Waals surface area contributed by atoms with E-state index in [0.717, 1.165) is 29.2 Å². The second-order valence-electron chi connectivity index (χ2n) is 4.67. The van der Waals surface area contributed by atoms with E-state index in [2.05, 4.69) is 24.8 Å². The van der Waals surface area contributed by atoms with Crippen LogP contribution < -0.4 is 0 Å². The molecule has 0 unspecified atom stereocenters. The third-order valence-corrected chi connectivity index (χ3v) is 3.15. The smallest absolute Gasteiger partial charge is 0.337 e. The molecule has 0 saturated heterocycles. The first kappa shape index (κ1) is 14.1. The monoisotopic (exact) mass is 266 g/mol. The van der Waals surface area contributed by atoms with E-state index >= 15 is 0 Å². The van der Waals surface area contributed by atoms with Gasteiger partial charge >= 0.3 is 5.97 Å². The Morgan fingerprint density at radius 2 is 1.90 bits per heavy atom. The number of benzene rings is 2. The van der Waals surface area contributed by atoms with Gasteiger partial charge in [-0.05, 0) is 41.5 Å². The number of hydrogen-bond donors (Lipinski definition) is 0. The largest absolute Gasteiger partial charge is 0.465 e. The maximum absolute atomic E-state index is 11.5. The molecule has 0 bridgehead atoms. The first-order valence-corrected chi connectivity index (χ1v) is 6.85. The van der Waals surface area contributed by atoms with Crippen molar-refractivity contribution in [1.82, 2.24) is 0 Å². The highest BCUT2D eigenvalue weighted by Gasteiger charge is 2.05. The van der Waals surface area contributed by atoms with Crippen LogP contribution in [-0.2, 0) is 4.74 Å². The molecule has 0 heterocycles. The van der Waals surface area contributed by atoms with Crippen LogP contribution in [0.15, 0.2) is 36.4 Å². The highest BCUT2D eigenvalue weighted by atomic mass is 16.5. The van der Waals surface area contributed by atoms with Crippen molar-refractivity contribution in [3.63, 3.8) is 0 Å². The maximum Gasteiger partial charge on any atom is 0.337 e. The van der Waals surface area contributed by atoms with E-state index in [0.29, 0.717) is 5.56 Å². The predicted octanol–water partition coefficient (Wildman–Crippen LogP) is 4.17. The van der Waals surface area contributed by atoms with Crippen molar-refractivity contribution < 1.29 is 9.53 Å². The van der Waals surface area contributed by atoms with Gasteiger partial charge in [-0.2, -0.15) is 0 Å². The third-order valence-electron chi connectivity index (χ3n) is 3.15. The summed E-state index contributed by atoms with van der Waals surface area (Å²) < 4.78 is 4.72. The SMILES string of the molecule is CCCCC#Cc1ccc2cc(C(=O)OC)ccc2c1. The van der Waals surface area contributed by atoms with E-state index in [1.165, 1.54) is 13.5 Å². The zero-order chi connectivity index (χ0) is 14.4. The molecule has 0 aliphatic heterocycles. The zero-order valence-electron chi connectivity index (χ0n) is 11.9. The van der Waals surface area contributed by atoms with Gasteiger partial charge in [0.25, 0.3) is 0 Å². The van der Waals surface area contributed by atoms with Gasteiger partial charge in [0.1, 0.15) is 0 Å². The van der Waals surface area contributed by atoms with Crippen LogP contribution in [0.3, 0.4) is 0 Å². The Labute approximate surface area is 119 Å². The normalized spacial score (nSPS) is 9.90. The molecular formula is C18H18O2. The van der Waals surface area contributed by atoms with Gasteiger partial charge in [0, 0.05) is 12.0 Å². The first-order chi connectivity index (χ1) is 9.74. The lowest BCUT2D eigenvalue weighted by molar-refractivity contribution is 0.0601. The van der Waals surface area contributed by atoms with Gasteiger partial charge in [-0.1, -0.05) is 37.3 Å². The highest BCUT2D eigenvalue weighted by molar-refractivity contribution is 5.95. The molecule has 20 heavy (non-hydrogen) atoms. The Kier molecular flexibility index (Phi) is 4.79. The Morgan fingerprint density at radius 3 is 2.65 bits per heavy atom. The lowest BCUT2D eigenvalue weighted by atomic mass is 10.0. The van der Waals surface area contributed by atoms with Crippen LogP contribution in [0, 0.1) is 11.8 Å². The van der Waals surface area contributed by atoms with Gasteiger partial charge in [0.15, 0.2) is 0 Å². The van der Waals surface area contributed by atoms with Crippen LogP contribution in [0.5, 0.6) is 0 Å². The molecule has 0 atom stereocenters. The summed E-state index contributed by atoms with van der Waals surface area (Å²) in [6.07, 6.45) is 3.25. The minimum Gasteiger partial charge on any atom is -0.465 e. The molecule has 2 heteroatoms. The molecule has 0 aliphatic carbocycles. The summed E-state index contributed by atoms with van der Waals surface area (Å²) in [6.45, 7) is 2.16.